The van der Waals surface area contributed by atoms with E-state index in [1.165, 1.54) is 0 Å². The molecule has 9 heteroatoms. The van der Waals surface area contributed by atoms with E-state index in [4.69, 9.17) is 5.26 Å². The van der Waals surface area contributed by atoms with Crippen molar-refractivity contribution in [3.8, 4) is 17.6 Å². The Labute approximate surface area is 114 Å². The Bertz CT molecular complexity index is 685. The van der Waals surface area contributed by atoms with Crippen molar-refractivity contribution in [3.63, 3.8) is 0 Å². The summed E-state index contributed by atoms with van der Waals surface area (Å²) in [5.41, 5.74) is 0.391. The number of hydrogen-bond acceptors (Lipinski definition) is 5. The zero-order chi connectivity index (χ0) is 14.8. The van der Waals surface area contributed by atoms with Crippen molar-refractivity contribution in [3.05, 3.63) is 30.2 Å². The highest BCUT2D eigenvalue weighted by Gasteiger charge is 2.38. The fourth-order valence-corrected chi connectivity index (χ4v) is 2.13. The molecule has 0 saturated carbocycles. The summed E-state index contributed by atoms with van der Waals surface area (Å²) in [4.78, 5) is 4.07. The average Bonchev–Trinajstić information content (AvgIpc) is 2.89. The van der Waals surface area contributed by atoms with Crippen molar-refractivity contribution in [2.24, 2.45) is 4.36 Å². The van der Waals surface area contributed by atoms with Crippen molar-refractivity contribution < 1.29 is 17.7 Å². The Morgan fingerprint density at radius 2 is 1.95 bits per heavy atom. The van der Waals surface area contributed by atoms with E-state index in [0.29, 0.717) is 5.56 Å². The largest absolute Gasteiger partial charge is 0.471 e. The van der Waals surface area contributed by atoms with Crippen molar-refractivity contribution in [1.29, 1.82) is 5.26 Å². The zero-order valence-electron chi connectivity index (χ0n) is 10.0. The number of alkyl halides is 3. The molecule has 0 spiro atoms. The topological polar surface area (TPSA) is 75.1 Å². The predicted octanol–water partition coefficient (Wildman–Crippen LogP) is 3.03. The van der Waals surface area contributed by atoms with E-state index in [2.05, 4.69) is 19.0 Å². The molecule has 2 aromatic rings. The van der Waals surface area contributed by atoms with Crippen molar-refractivity contribution in [2.75, 3.05) is 6.26 Å². The molecule has 0 aliphatic carbocycles. The summed E-state index contributed by atoms with van der Waals surface area (Å²) in [5.74, 6) is -1.52. The van der Waals surface area contributed by atoms with E-state index in [0.717, 1.165) is 4.90 Å². The van der Waals surface area contributed by atoms with Crippen LogP contribution < -0.4 is 0 Å². The summed E-state index contributed by atoms with van der Waals surface area (Å²) in [6, 6.07) is 6.42. The van der Waals surface area contributed by atoms with Crippen molar-refractivity contribution in [2.45, 2.75) is 11.1 Å². The Hall–Kier alpha value is -2.21. The average molecular weight is 300 g/mol. The molecular weight excluding hydrogens is 293 g/mol. The maximum atomic E-state index is 12.3. The van der Waals surface area contributed by atoms with Crippen LogP contribution in [0.3, 0.4) is 0 Å². The van der Waals surface area contributed by atoms with Crippen LogP contribution in [0.2, 0.25) is 0 Å². The lowest BCUT2D eigenvalue weighted by molar-refractivity contribution is -0.159. The first-order valence-electron chi connectivity index (χ1n) is 5.19. The molecule has 0 fully saturated rings. The van der Waals surface area contributed by atoms with Gasteiger partial charge in [0.2, 0.25) is 12.0 Å². The molecule has 0 aliphatic heterocycles. The van der Waals surface area contributed by atoms with E-state index in [1.807, 2.05) is 0 Å². The SMILES string of the molecule is CS(=NC#N)c1ccc(-c2noc(C(F)(F)F)n2)cc1. The first-order valence-corrected chi connectivity index (χ1v) is 6.78. The van der Waals surface area contributed by atoms with Crippen LogP contribution >= 0.6 is 0 Å². The third-order valence-electron chi connectivity index (χ3n) is 2.30. The van der Waals surface area contributed by atoms with Crippen molar-refractivity contribution >= 4 is 10.7 Å². The van der Waals surface area contributed by atoms with Gasteiger partial charge in [-0.1, -0.05) is 15.8 Å². The van der Waals surface area contributed by atoms with Gasteiger partial charge in [-0.15, -0.1) is 4.36 Å². The van der Waals surface area contributed by atoms with Crippen LogP contribution in [0.4, 0.5) is 13.2 Å². The first-order chi connectivity index (χ1) is 9.41. The highest BCUT2D eigenvalue weighted by Crippen LogP contribution is 2.29. The lowest BCUT2D eigenvalue weighted by atomic mass is 10.2. The smallest absolute Gasteiger partial charge is 0.329 e. The lowest BCUT2D eigenvalue weighted by Gasteiger charge is -2.00. The lowest BCUT2D eigenvalue weighted by Crippen LogP contribution is -2.04. The second kappa shape index (κ2) is 5.42. The molecular formula is C11H7F3N4OS. The van der Waals surface area contributed by atoms with Gasteiger partial charge in [0, 0.05) is 10.5 Å². The number of rotatable bonds is 2. The number of nitriles is 1. The number of halogens is 3. The number of nitrogens with zero attached hydrogens (tertiary/aromatic N) is 4. The molecule has 0 radical (unpaired) electrons. The molecule has 2 rings (SSSR count). The highest BCUT2D eigenvalue weighted by molar-refractivity contribution is 7.86. The van der Waals surface area contributed by atoms with E-state index < -0.39 is 22.8 Å². The van der Waals surface area contributed by atoms with Crippen LogP contribution in [0.25, 0.3) is 11.4 Å². The molecule has 1 aromatic heterocycles. The second-order valence-corrected chi connectivity index (χ2v) is 5.22. The van der Waals surface area contributed by atoms with Crippen LogP contribution in [-0.4, -0.2) is 16.4 Å². The van der Waals surface area contributed by atoms with Crippen LogP contribution in [0.15, 0.2) is 38.0 Å². The quantitative estimate of drug-likeness (QED) is 0.799. The van der Waals surface area contributed by atoms with Gasteiger partial charge in [-0.3, -0.25) is 0 Å². The molecule has 5 nitrogen and oxygen atoms in total. The summed E-state index contributed by atoms with van der Waals surface area (Å²) in [5, 5.41) is 11.7. The summed E-state index contributed by atoms with van der Waals surface area (Å²) < 4.78 is 44.8. The Morgan fingerprint density at radius 1 is 1.30 bits per heavy atom. The van der Waals surface area contributed by atoms with E-state index >= 15 is 0 Å². The van der Waals surface area contributed by atoms with Gasteiger partial charge in [0.05, 0.1) is 0 Å². The molecule has 1 unspecified atom stereocenters. The molecule has 0 bridgehead atoms. The van der Waals surface area contributed by atoms with Gasteiger partial charge >= 0.3 is 12.1 Å². The van der Waals surface area contributed by atoms with Crippen molar-refractivity contribution in [1.82, 2.24) is 10.1 Å². The van der Waals surface area contributed by atoms with Gasteiger partial charge in [-0.05, 0) is 30.5 Å². The predicted molar refractivity (Wildman–Crippen MR) is 64.3 cm³/mol. The van der Waals surface area contributed by atoms with Gasteiger partial charge < -0.3 is 4.52 Å². The van der Waals surface area contributed by atoms with Gasteiger partial charge in [-0.2, -0.15) is 23.4 Å². The van der Waals surface area contributed by atoms with Crippen LogP contribution in [0, 0.1) is 11.5 Å². The molecule has 0 N–H and O–H groups in total. The van der Waals surface area contributed by atoms with Gasteiger partial charge in [0.25, 0.3) is 0 Å². The third kappa shape index (κ3) is 3.03. The van der Waals surface area contributed by atoms with Gasteiger partial charge in [0.1, 0.15) is 0 Å². The minimum absolute atomic E-state index is 0.142. The fraction of sp³-hybridized carbons (Fsp3) is 0.182. The maximum absolute atomic E-state index is 12.3. The van der Waals surface area contributed by atoms with E-state index in [9.17, 15) is 13.2 Å². The molecule has 0 aliphatic rings. The number of aromatic nitrogens is 2. The minimum atomic E-state index is -4.66. The first kappa shape index (κ1) is 14.2. The zero-order valence-corrected chi connectivity index (χ0v) is 10.9. The number of benzene rings is 1. The molecule has 20 heavy (non-hydrogen) atoms. The highest BCUT2D eigenvalue weighted by atomic mass is 32.2. The van der Waals surface area contributed by atoms with Crippen LogP contribution in [0.5, 0.6) is 0 Å². The minimum Gasteiger partial charge on any atom is -0.329 e. The standard InChI is InChI=1S/C11H7F3N4OS/c1-20(16-6-15)8-4-2-7(3-5-8)9-17-10(19-18-9)11(12,13)14/h2-5H,1H3. The Balaban J connectivity index is 2.29. The molecule has 104 valence electrons. The molecule has 1 aromatic carbocycles. The Morgan fingerprint density at radius 3 is 2.45 bits per heavy atom. The summed E-state index contributed by atoms with van der Waals surface area (Å²) >= 11 is 0. The van der Waals surface area contributed by atoms with E-state index in [-0.39, 0.29) is 5.82 Å². The molecule has 0 amide bonds. The van der Waals surface area contributed by atoms with Crippen LogP contribution in [-0.2, 0) is 16.9 Å². The summed E-state index contributed by atoms with van der Waals surface area (Å²) in [6.45, 7) is 0. The maximum Gasteiger partial charge on any atom is 0.471 e. The van der Waals surface area contributed by atoms with Gasteiger partial charge in [0.15, 0.2) is 0 Å². The summed E-state index contributed by atoms with van der Waals surface area (Å²) in [7, 11) is -0.587. The third-order valence-corrected chi connectivity index (χ3v) is 3.61. The van der Waals surface area contributed by atoms with Crippen LogP contribution in [0.1, 0.15) is 5.89 Å². The monoisotopic (exact) mass is 300 g/mol. The molecule has 1 atom stereocenters. The van der Waals surface area contributed by atoms with E-state index in [1.54, 1.807) is 36.7 Å². The Kier molecular flexibility index (Phi) is 3.85. The molecule has 0 saturated heterocycles. The molecule has 1 heterocycles. The fourth-order valence-electron chi connectivity index (χ4n) is 1.37. The second-order valence-electron chi connectivity index (χ2n) is 3.61. The number of hydrogen-bond donors (Lipinski definition) is 0. The van der Waals surface area contributed by atoms with Gasteiger partial charge in [-0.25, -0.2) is 0 Å². The summed E-state index contributed by atoms with van der Waals surface area (Å²) in [6.07, 6.45) is -1.20. The normalized spacial score (nSPS) is 13.2.